The normalized spacial score (nSPS) is 9.94. The number of benzene rings is 1. The minimum absolute atomic E-state index is 0.419. The zero-order valence-electron chi connectivity index (χ0n) is 9.96. The van der Waals surface area contributed by atoms with Gasteiger partial charge < -0.3 is 15.8 Å². The number of carbonyl (C=O) groups is 1. The Labute approximate surface area is 95.8 Å². The summed E-state index contributed by atoms with van der Waals surface area (Å²) in [6, 6.07) is 3.57. The number of ether oxygens (including phenoxy) is 1. The Morgan fingerprint density at radius 3 is 2.56 bits per heavy atom. The molecule has 0 atom stereocenters. The van der Waals surface area contributed by atoms with Gasteiger partial charge in [0.2, 0.25) is 0 Å². The first-order valence-electron chi connectivity index (χ1n) is 5.25. The van der Waals surface area contributed by atoms with Crippen LogP contribution < -0.4 is 15.8 Å². The number of nitrogens with one attached hydrogen (secondary N) is 1. The summed E-state index contributed by atoms with van der Waals surface area (Å²) in [5.74, 6) is 0.895. The molecule has 0 aliphatic carbocycles. The van der Waals surface area contributed by atoms with Crippen molar-refractivity contribution in [2.24, 2.45) is 5.73 Å². The maximum atomic E-state index is 10.5. The molecular formula is C12H18N2O2. The van der Waals surface area contributed by atoms with Crippen molar-refractivity contribution in [1.82, 2.24) is 5.32 Å². The summed E-state index contributed by atoms with van der Waals surface area (Å²) in [6.07, 6.45) is 0. The molecule has 2 amide bonds. The van der Waals surface area contributed by atoms with E-state index in [1.807, 2.05) is 26.8 Å². The summed E-state index contributed by atoms with van der Waals surface area (Å²) >= 11 is 0. The molecule has 4 nitrogen and oxygen atoms in total. The highest BCUT2D eigenvalue weighted by molar-refractivity contribution is 5.71. The van der Waals surface area contributed by atoms with Gasteiger partial charge in [0.25, 0.3) is 0 Å². The minimum atomic E-state index is -0.527. The van der Waals surface area contributed by atoms with Gasteiger partial charge in [-0.1, -0.05) is 12.1 Å². The predicted octanol–water partition coefficient (Wildman–Crippen LogP) is 1.66. The number of amides is 2. The number of aryl methyl sites for hydroxylation is 2. The smallest absolute Gasteiger partial charge is 0.312 e. The van der Waals surface area contributed by atoms with E-state index in [0.29, 0.717) is 13.2 Å². The summed E-state index contributed by atoms with van der Waals surface area (Å²) in [5, 5.41) is 2.48. The van der Waals surface area contributed by atoms with Crippen molar-refractivity contribution in [2.75, 3.05) is 13.2 Å². The highest BCUT2D eigenvalue weighted by atomic mass is 16.5. The molecule has 3 N–H and O–H groups in total. The quantitative estimate of drug-likeness (QED) is 0.761. The van der Waals surface area contributed by atoms with Crippen molar-refractivity contribution in [3.8, 4) is 5.75 Å². The lowest BCUT2D eigenvalue weighted by molar-refractivity contribution is 0.244. The molecule has 0 aliphatic rings. The third-order valence-corrected chi connectivity index (χ3v) is 2.52. The summed E-state index contributed by atoms with van der Waals surface area (Å²) < 4.78 is 5.63. The van der Waals surface area contributed by atoms with E-state index in [-0.39, 0.29) is 0 Å². The minimum Gasteiger partial charge on any atom is -0.491 e. The van der Waals surface area contributed by atoms with Gasteiger partial charge >= 0.3 is 6.03 Å². The topological polar surface area (TPSA) is 64.3 Å². The lowest BCUT2D eigenvalue weighted by atomic mass is 10.1. The van der Waals surface area contributed by atoms with Crippen LogP contribution in [-0.2, 0) is 0 Å². The van der Waals surface area contributed by atoms with E-state index in [1.54, 1.807) is 0 Å². The molecule has 0 spiro atoms. The molecule has 1 aromatic rings. The molecule has 0 radical (unpaired) electrons. The molecule has 0 aromatic heterocycles. The standard InChI is InChI=1S/C12H18N2O2/c1-8-4-5-9(2)11(10(8)3)16-7-6-14-12(13)15/h4-5H,6-7H2,1-3H3,(H3,13,14,15). The third-order valence-electron chi connectivity index (χ3n) is 2.52. The second-order valence-corrected chi connectivity index (χ2v) is 3.79. The molecule has 16 heavy (non-hydrogen) atoms. The van der Waals surface area contributed by atoms with Crippen molar-refractivity contribution >= 4 is 6.03 Å². The maximum Gasteiger partial charge on any atom is 0.312 e. The lowest BCUT2D eigenvalue weighted by Crippen LogP contribution is -2.32. The van der Waals surface area contributed by atoms with Crippen molar-refractivity contribution in [3.05, 3.63) is 28.8 Å². The van der Waals surface area contributed by atoms with E-state index in [1.165, 1.54) is 5.56 Å². The number of urea groups is 1. The molecule has 88 valence electrons. The van der Waals surface area contributed by atoms with Crippen molar-refractivity contribution in [2.45, 2.75) is 20.8 Å². The first-order valence-corrected chi connectivity index (χ1v) is 5.25. The summed E-state index contributed by atoms with van der Waals surface area (Å²) in [5.41, 5.74) is 8.39. The molecule has 0 saturated carbocycles. The van der Waals surface area contributed by atoms with Gasteiger partial charge in [0.05, 0.1) is 6.54 Å². The monoisotopic (exact) mass is 222 g/mol. The highest BCUT2D eigenvalue weighted by Crippen LogP contribution is 2.25. The van der Waals surface area contributed by atoms with Crippen LogP contribution in [0.25, 0.3) is 0 Å². The summed E-state index contributed by atoms with van der Waals surface area (Å²) in [6.45, 7) is 6.92. The molecule has 0 fully saturated rings. The van der Waals surface area contributed by atoms with Crippen molar-refractivity contribution < 1.29 is 9.53 Å². The Kier molecular flexibility index (Phi) is 4.17. The highest BCUT2D eigenvalue weighted by Gasteiger charge is 2.05. The third kappa shape index (κ3) is 3.15. The average molecular weight is 222 g/mol. The predicted molar refractivity (Wildman–Crippen MR) is 63.7 cm³/mol. The van der Waals surface area contributed by atoms with E-state index < -0.39 is 6.03 Å². The van der Waals surface area contributed by atoms with Crippen LogP contribution in [0.5, 0.6) is 5.75 Å². The first kappa shape index (κ1) is 12.4. The number of nitrogens with two attached hydrogens (primary N) is 1. The van der Waals surface area contributed by atoms with Crippen LogP contribution in [0.1, 0.15) is 16.7 Å². The van der Waals surface area contributed by atoms with Gasteiger partial charge in [-0.2, -0.15) is 0 Å². The van der Waals surface area contributed by atoms with Crippen molar-refractivity contribution in [1.29, 1.82) is 0 Å². The number of carbonyl (C=O) groups excluding carboxylic acids is 1. The first-order chi connectivity index (χ1) is 7.52. The fourth-order valence-electron chi connectivity index (χ4n) is 1.47. The van der Waals surface area contributed by atoms with Crippen molar-refractivity contribution in [3.63, 3.8) is 0 Å². The van der Waals surface area contributed by atoms with Crippen LogP contribution in [0.2, 0.25) is 0 Å². The van der Waals surface area contributed by atoms with Gasteiger partial charge in [-0.3, -0.25) is 0 Å². The van der Waals surface area contributed by atoms with Gasteiger partial charge in [-0.15, -0.1) is 0 Å². The lowest BCUT2D eigenvalue weighted by Gasteiger charge is -2.13. The van der Waals surface area contributed by atoms with Crippen LogP contribution >= 0.6 is 0 Å². The number of hydrogen-bond acceptors (Lipinski definition) is 2. The van der Waals surface area contributed by atoms with Crippen LogP contribution in [0.3, 0.4) is 0 Å². The molecule has 4 heteroatoms. The Balaban J connectivity index is 2.60. The molecule has 0 unspecified atom stereocenters. The molecule has 1 rings (SSSR count). The average Bonchev–Trinajstić information content (AvgIpc) is 2.22. The number of rotatable bonds is 4. The van der Waals surface area contributed by atoms with E-state index in [4.69, 9.17) is 10.5 Å². The molecular weight excluding hydrogens is 204 g/mol. The second-order valence-electron chi connectivity index (χ2n) is 3.79. The van der Waals surface area contributed by atoms with Gasteiger partial charge in [-0.05, 0) is 37.5 Å². The maximum absolute atomic E-state index is 10.5. The van der Waals surface area contributed by atoms with Gasteiger partial charge in [0.15, 0.2) is 0 Å². The Bertz CT molecular complexity index is 389. The van der Waals surface area contributed by atoms with Crippen LogP contribution in [0.4, 0.5) is 4.79 Å². The van der Waals surface area contributed by atoms with Gasteiger partial charge in [0, 0.05) is 0 Å². The Morgan fingerprint density at radius 1 is 1.31 bits per heavy atom. The summed E-state index contributed by atoms with van der Waals surface area (Å²) in [4.78, 5) is 10.5. The fraction of sp³-hybridized carbons (Fsp3) is 0.417. The molecule has 0 aliphatic heterocycles. The van der Waals surface area contributed by atoms with Gasteiger partial charge in [-0.25, -0.2) is 4.79 Å². The zero-order chi connectivity index (χ0) is 12.1. The summed E-state index contributed by atoms with van der Waals surface area (Å²) in [7, 11) is 0. The van der Waals surface area contributed by atoms with Crippen LogP contribution in [-0.4, -0.2) is 19.2 Å². The van der Waals surface area contributed by atoms with Crippen LogP contribution in [0, 0.1) is 20.8 Å². The van der Waals surface area contributed by atoms with E-state index in [0.717, 1.165) is 16.9 Å². The molecule has 1 aromatic carbocycles. The van der Waals surface area contributed by atoms with Crippen LogP contribution in [0.15, 0.2) is 12.1 Å². The van der Waals surface area contributed by atoms with E-state index in [9.17, 15) is 4.79 Å². The van der Waals surface area contributed by atoms with E-state index >= 15 is 0 Å². The molecule has 0 saturated heterocycles. The zero-order valence-corrected chi connectivity index (χ0v) is 9.96. The number of primary amides is 1. The molecule has 0 bridgehead atoms. The van der Waals surface area contributed by atoms with Gasteiger partial charge in [0.1, 0.15) is 12.4 Å². The largest absolute Gasteiger partial charge is 0.491 e. The second kappa shape index (κ2) is 5.39. The fourth-order valence-corrected chi connectivity index (χ4v) is 1.47. The molecule has 0 heterocycles. The Morgan fingerprint density at radius 2 is 1.94 bits per heavy atom. The Hall–Kier alpha value is -1.71. The SMILES string of the molecule is Cc1ccc(C)c(OCCNC(N)=O)c1C. The number of hydrogen-bond donors (Lipinski definition) is 2. The van der Waals surface area contributed by atoms with E-state index in [2.05, 4.69) is 11.4 Å².